The topological polar surface area (TPSA) is 99.9 Å². The van der Waals surface area contributed by atoms with Gasteiger partial charge in [-0.05, 0) is 56.7 Å². The second-order valence-electron chi connectivity index (χ2n) is 12.1. The van der Waals surface area contributed by atoms with Crippen molar-refractivity contribution in [1.82, 2.24) is 10.3 Å². The van der Waals surface area contributed by atoms with Crippen LogP contribution in [0, 0.1) is 18.7 Å². The molecule has 1 aromatic heterocycles. The predicted molar refractivity (Wildman–Crippen MR) is 168 cm³/mol. The van der Waals surface area contributed by atoms with Gasteiger partial charge in [-0.15, -0.1) is 0 Å². The molecule has 2 heterocycles. The summed E-state index contributed by atoms with van der Waals surface area (Å²) in [5.41, 5.74) is 3.30. The van der Waals surface area contributed by atoms with Gasteiger partial charge in [-0.2, -0.15) is 0 Å². The van der Waals surface area contributed by atoms with Crippen LogP contribution < -0.4 is 20.4 Å². The number of anilines is 3. The summed E-state index contributed by atoms with van der Waals surface area (Å²) in [4.78, 5) is 35.5. The molecule has 3 aromatic rings. The number of allylic oxidation sites excluding steroid dienone is 1. The van der Waals surface area contributed by atoms with Gasteiger partial charge in [0, 0.05) is 55.8 Å². The molecule has 2 N–H and O–H groups in total. The molecule has 44 heavy (non-hydrogen) atoms. The van der Waals surface area contributed by atoms with Crippen LogP contribution >= 0.6 is 0 Å². The van der Waals surface area contributed by atoms with Gasteiger partial charge in [0.2, 0.25) is 0 Å². The third-order valence-electron chi connectivity index (χ3n) is 9.06. The molecule has 2 unspecified atom stereocenters. The van der Waals surface area contributed by atoms with Crippen LogP contribution in [0.2, 0.25) is 0 Å². The highest BCUT2D eigenvalue weighted by molar-refractivity contribution is 6.06. The molecule has 0 radical (unpaired) electrons. The number of aromatic nitrogens is 1. The monoisotopic (exact) mass is 601 g/mol. The van der Waals surface area contributed by atoms with Crippen molar-refractivity contribution in [3.63, 3.8) is 0 Å². The molecule has 2 amide bonds. The minimum absolute atomic E-state index is 0.117. The number of oxazole rings is 1. The molecule has 0 spiro atoms. The number of para-hydroxylation sites is 1. The number of carbonyl (C=O) groups is 2. The highest BCUT2D eigenvalue weighted by atomic mass is 19.1. The van der Waals surface area contributed by atoms with E-state index in [-0.39, 0.29) is 29.1 Å². The van der Waals surface area contributed by atoms with Crippen LogP contribution in [0.5, 0.6) is 0 Å². The first-order valence-electron chi connectivity index (χ1n) is 15.5. The van der Waals surface area contributed by atoms with Gasteiger partial charge in [0.05, 0.1) is 29.8 Å². The van der Waals surface area contributed by atoms with E-state index in [9.17, 15) is 9.59 Å². The van der Waals surface area contributed by atoms with Crippen molar-refractivity contribution >= 4 is 28.9 Å². The number of nitrogens with zero attached hydrogens (tertiary/aromatic N) is 3. The van der Waals surface area contributed by atoms with Gasteiger partial charge in [0.1, 0.15) is 12.1 Å². The summed E-state index contributed by atoms with van der Waals surface area (Å²) < 4.78 is 26.6. The molecule has 6 rings (SSSR count). The zero-order valence-corrected chi connectivity index (χ0v) is 25.4. The molecule has 232 valence electrons. The number of hydrogen-bond donors (Lipinski definition) is 2. The number of hydrogen-bond acceptors (Lipinski definition) is 7. The highest BCUT2D eigenvalue weighted by Crippen LogP contribution is 2.39. The molecule has 10 heteroatoms. The Bertz CT molecular complexity index is 1540. The lowest BCUT2D eigenvalue weighted by Gasteiger charge is -2.38. The van der Waals surface area contributed by atoms with E-state index in [4.69, 9.17) is 9.15 Å². The van der Waals surface area contributed by atoms with Crippen molar-refractivity contribution < 1.29 is 23.1 Å². The van der Waals surface area contributed by atoms with E-state index >= 15 is 4.39 Å². The van der Waals surface area contributed by atoms with E-state index in [1.807, 2.05) is 12.1 Å². The number of carbonyl (C=O) groups excluding carboxylic acids is 2. The Morgan fingerprint density at radius 2 is 1.75 bits per heavy atom. The number of nitrogens with one attached hydrogen (secondary N) is 2. The molecule has 1 saturated heterocycles. The van der Waals surface area contributed by atoms with E-state index in [0.717, 1.165) is 45.2 Å². The summed E-state index contributed by atoms with van der Waals surface area (Å²) in [6.07, 6.45) is 6.69. The molecule has 2 aliphatic carbocycles. The summed E-state index contributed by atoms with van der Waals surface area (Å²) in [6.45, 7) is 8.77. The minimum Gasteiger partial charge on any atom is -0.501 e. The fraction of sp³-hybridized carbons (Fsp3) is 0.441. The smallest absolute Gasteiger partial charge is 0.277 e. The second-order valence-corrected chi connectivity index (χ2v) is 12.1. The quantitative estimate of drug-likeness (QED) is 0.289. The average molecular weight is 602 g/mol. The lowest BCUT2D eigenvalue weighted by Crippen LogP contribution is -2.47. The van der Waals surface area contributed by atoms with Crippen molar-refractivity contribution in [2.45, 2.75) is 57.4 Å². The Morgan fingerprint density at radius 3 is 2.45 bits per heavy atom. The zero-order chi connectivity index (χ0) is 30.8. The maximum atomic E-state index is 15.7. The fourth-order valence-corrected chi connectivity index (χ4v) is 6.34. The van der Waals surface area contributed by atoms with E-state index in [0.29, 0.717) is 42.5 Å². The molecule has 2 aromatic carbocycles. The van der Waals surface area contributed by atoms with Crippen LogP contribution in [-0.2, 0) is 4.74 Å². The number of amides is 2. The van der Waals surface area contributed by atoms with Crippen molar-refractivity contribution in [3.8, 4) is 0 Å². The maximum absolute atomic E-state index is 15.7. The van der Waals surface area contributed by atoms with Crippen molar-refractivity contribution in [1.29, 1.82) is 0 Å². The Balaban J connectivity index is 1.23. The first-order chi connectivity index (χ1) is 21.3. The summed E-state index contributed by atoms with van der Waals surface area (Å²) in [7, 11) is 1.60. The largest absolute Gasteiger partial charge is 0.501 e. The lowest BCUT2D eigenvalue weighted by molar-refractivity contribution is 0.0910. The van der Waals surface area contributed by atoms with E-state index in [2.05, 4.69) is 51.1 Å². The standard InChI is InChI=1S/C34H40FN5O4/c1-21-7-4-5-10-30(21)39-13-15-40(16-14-39)31-19-27(35)26(32(41)36-25-9-6-8-24(17-25)22(2)43-3)18-28(31)37-33(42)29-20-44-34(38-29)23-11-12-23/h4-5,7,10,18-20,23-25H,2,6,8-9,11-17H2,1,3H3,(H,36,41)(H,37,42). The SMILES string of the molecule is C=C(OC)C1CCCC(NC(=O)c2cc(NC(=O)c3coc(C4CC4)n3)c(N3CCN(c4ccccc4C)CC3)cc2F)C1. The number of piperazine rings is 1. The molecular formula is C34H40FN5O4. The number of halogens is 1. The van der Waals surface area contributed by atoms with Crippen LogP contribution in [-0.4, -0.2) is 56.1 Å². The molecule has 3 aliphatic rings. The summed E-state index contributed by atoms with van der Waals surface area (Å²) in [6, 6.07) is 10.9. The van der Waals surface area contributed by atoms with Crippen molar-refractivity contribution in [3.05, 3.63) is 83.5 Å². The average Bonchev–Trinajstić information content (AvgIpc) is 3.77. The van der Waals surface area contributed by atoms with Crippen molar-refractivity contribution in [2.75, 3.05) is 48.4 Å². The van der Waals surface area contributed by atoms with Crippen LogP contribution in [0.4, 0.5) is 21.5 Å². The highest BCUT2D eigenvalue weighted by Gasteiger charge is 2.31. The normalized spacial score (nSPS) is 20.2. The molecular weight excluding hydrogens is 561 g/mol. The molecule has 9 nitrogen and oxygen atoms in total. The van der Waals surface area contributed by atoms with Gasteiger partial charge in [-0.1, -0.05) is 31.2 Å². The Kier molecular flexibility index (Phi) is 8.59. The molecule has 1 aliphatic heterocycles. The van der Waals surface area contributed by atoms with E-state index < -0.39 is 17.6 Å². The third kappa shape index (κ3) is 6.44. The summed E-state index contributed by atoms with van der Waals surface area (Å²) in [5.74, 6) is 0.0452. The van der Waals surface area contributed by atoms with Crippen LogP contribution in [0.25, 0.3) is 0 Å². The number of aryl methyl sites for hydroxylation is 1. The Hall–Kier alpha value is -4.34. The fourth-order valence-electron chi connectivity index (χ4n) is 6.34. The van der Waals surface area contributed by atoms with Crippen LogP contribution in [0.15, 0.2) is 59.4 Å². The summed E-state index contributed by atoms with van der Waals surface area (Å²) >= 11 is 0. The Labute approximate surface area is 257 Å². The van der Waals surface area contributed by atoms with Gasteiger partial charge in [0.25, 0.3) is 11.8 Å². The summed E-state index contributed by atoms with van der Waals surface area (Å²) in [5, 5.41) is 5.93. The molecule has 0 bridgehead atoms. The Morgan fingerprint density at radius 1 is 1.02 bits per heavy atom. The third-order valence-corrected chi connectivity index (χ3v) is 9.06. The first-order valence-corrected chi connectivity index (χ1v) is 15.5. The molecule has 2 atom stereocenters. The predicted octanol–water partition coefficient (Wildman–Crippen LogP) is 6.03. The first kappa shape index (κ1) is 29.7. The number of ether oxygens (including phenoxy) is 1. The van der Waals surface area contributed by atoms with Crippen molar-refractivity contribution in [2.24, 2.45) is 5.92 Å². The lowest BCUT2D eigenvalue weighted by atomic mass is 9.84. The van der Waals surface area contributed by atoms with Crippen LogP contribution in [0.3, 0.4) is 0 Å². The van der Waals surface area contributed by atoms with Crippen LogP contribution in [0.1, 0.15) is 76.7 Å². The van der Waals surface area contributed by atoms with Gasteiger partial charge in [0.15, 0.2) is 11.6 Å². The second kappa shape index (κ2) is 12.7. The van der Waals surface area contributed by atoms with Gasteiger partial charge in [-0.25, -0.2) is 9.37 Å². The van der Waals surface area contributed by atoms with E-state index in [1.54, 1.807) is 7.11 Å². The van der Waals surface area contributed by atoms with Gasteiger partial charge < -0.3 is 29.6 Å². The van der Waals surface area contributed by atoms with E-state index in [1.165, 1.54) is 29.6 Å². The number of methoxy groups -OCH3 is 1. The van der Waals surface area contributed by atoms with Gasteiger partial charge >= 0.3 is 0 Å². The zero-order valence-electron chi connectivity index (χ0n) is 25.4. The number of benzene rings is 2. The molecule has 3 fully saturated rings. The molecule has 2 saturated carbocycles. The minimum atomic E-state index is -0.636. The maximum Gasteiger partial charge on any atom is 0.277 e. The number of rotatable bonds is 9. The van der Waals surface area contributed by atoms with Gasteiger partial charge in [-0.3, -0.25) is 9.59 Å².